The third-order valence-electron chi connectivity index (χ3n) is 3.89. The minimum atomic E-state index is 0.706. The fourth-order valence-corrected chi connectivity index (χ4v) is 2.48. The van der Waals surface area contributed by atoms with Crippen molar-refractivity contribution in [3.63, 3.8) is 0 Å². The van der Waals surface area contributed by atoms with Crippen molar-refractivity contribution in [2.75, 3.05) is 26.7 Å². The Hall–Kier alpha value is -0.860. The lowest BCUT2D eigenvalue weighted by atomic mass is 10.1. The summed E-state index contributed by atoms with van der Waals surface area (Å²) in [6.07, 6.45) is 6.22. The van der Waals surface area contributed by atoms with Gasteiger partial charge in [-0.15, -0.1) is 0 Å². The van der Waals surface area contributed by atoms with Crippen molar-refractivity contribution in [1.29, 1.82) is 0 Å². The van der Waals surface area contributed by atoms with Crippen LogP contribution >= 0.6 is 0 Å². The first-order valence-electron chi connectivity index (χ1n) is 8.22. The topological polar surface area (TPSA) is 15.3 Å². The van der Waals surface area contributed by atoms with E-state index in [0.717, 1.165) is 19.5 Å². The highest BCUT2D eigenvalue weighted by Gasteiger charge is 2.05. The summed E-state index contributed by atoms with van der Waals surface area (Å²) in [6.45, 7) is 8.03. The molecule has 0 amide bonds. The second-order valence-electron chi connectivity index (χ2n) is 5.74. The highest BCUT2D eigenvalue weighted by atomic mass is 15.1. The van der Waals surface area contributed by atoms with E-state index in [2.05, 4.69) is 61.4 Å². The Bertz CT molecular complexity index is 323. The summed E-state index contributed by atoms with van der Waals surface area (Å²) in [6, 6.07) is 11.5. The zero-order valence-corrected chi connectivity index (χ0v) is 13.6. The van der Waals surface area contributed by atoms with Gasteiger partial charge in [-0.2, -0.15) is 0 Å². The fraction of sp³-hybridized carbons (Fsp3) is 0.667. The molecule has 0 aromatic heterocycles. The highest BCUT2D eigenvalue weighted by molar-refractivity contribution is 5.14. The van der Waals surface area contributed by atoms with Gasteiger partial charge < -0.3 is 10.2 Å². The molecule has 0 saturated carbocycles. The van der Waals surface area contributed by atoms with E-state index in [0.29, 0.717) is 6.04 Å². The van der Waals surface area contributed by atoms with E-state index in [4.69, 9.17) is 0 Å². The molecule has 1 atom stereocenters. The Kier molecular flexibility index (Phi) is 9.35. The second-order valence-corrected chi connectivity index (χ2v) is 5.74. The van der Waals surface area contributed by atoms with Crippen molar-refractivity contribution in [2.24, 2.45) is 0 Å². The van der Waals surface area contributed by atoms with Gasteiger partial charge in [0.25, 0.3) is 0 Å². The monoisotopic (exact) mass is 276 g/mol. The molecule has 0 fully saturated rings. The van der Waals surface area contributed by atoms with Crippen LogP contribution in [0.15, 0.2) is 30.3 Å². The molecule has 1 aromatic rings. The summed E-state index contributed by atoms with van der Waals surface area (Å²) in [4.78, 5) is 2.46. The molecule has 2 heteroatoms. The van der Waals surface area contributed by atoms with Gasteiger partial charge in [-0.1, -0.05) is 44.2 Å². The number of hydrogen-bond donors (Lipinski definition) is 1. The Morgan fingerprint density at radius 3 is 2.50 bits per heavy atom. The molecule has 0 aliphatic carbocycles. The molecule has 0 bridgehead atoms. The fourth-order valence-electron chi connectivity index (χ4n) is 2.48. The lowest BCUT2D eigenvalue weighted by Crippen LogP contribution is -2.30. The first-order valence-corrected chi connectivity index (χ1v) is 8.22. The Labute approximate surface area is 125 Å². The van der Waals surface area contributed by atoms with Crippen molar-refractivity contribution in [3.05, 3.63) is 35.9 Å². The van der Waals surface area contributed by atoms with Gasteiger partial charge in [-0.05, 0) is 57.8 Å². The van der Waals surface area contributed by atoms with E-state index in [-0.39, 0.29) is 0 Å². The second kappa shape index (κ2) is 10.9. The maximum absolute atomic E-state index is 3.63. The quantitative estimate of drug-likeness (QED) is 0.662. The molecule has 0 spiro atoms. The van der Waals surface area contributed by atoms with E-state index < -0.39 is 0 Å². The largest absolute Gasteiger partial charge is 0.314 e. The van der Waals surface area contributed by atoms with Crippen molar-refractivity contribution in [3.8, 4) is 0 Å². The van der Waals surface area contributed by atoms with Gasteiger partial charge in [0.05, 0.1) is 0 Å². The maximum Gasteiger partial charge on any atom is 0.00649 e. The number of benzene rings is 1. The van der Waals surface area contributed by atoms with Crippen LogP contribution in [0.4, 0.5) is 0 Å². The number of nitrogens with one attached hydrogen (secondary N) is 1. The van der Waals surface area contributed by atoms with E-state index in [1.165, 1.54) is 37.8 Å². The number of rotatable bonds is 11. The summed E-state index contributed by atoms with van der Waals surface area (Å²) in [7, 11) is 2.24. The third-order valence-corrected chi connectivity index (χ3v) is 3.89. The number of nitrogens with zero attached hydrogens (tertiary/aromatic N) is 1. The Morgan fingerprint density at radius 2 is 1.85 bits per heavy atom. The molecule has 0 radical (unpaired) electrons. The molecular weight excluding hydrogens is 244 g/mol. The van der Waals surface area contributed by atoms with Crippen LogP contribution < -0.4 is 5.32 Å². The molecule has 0 aliphatic rings. The van der Waals surface area contributed by atoms with Crippen molar-refractivity contribution in [2.45, 2.75) is 52.0 Å². The average molecular weight is 276 g/mol. The van der Waals surface area contributed by atoms with Crippen LogP contribution in [0.5, 0.6) is 0 Å². The first kappa shape index (κ1) is 17.2. The van der Waals surface area contributed by atoms with Crippen molar-refractivity contribution < 1.29 is 0 Å². The molecule has 114 valence electrons. The van der Waals surface area contributed by atoms with Gasteiger partial charge in [-0.25, -0.2) is 0 Å². The summed E-state index contributed by atoms with van der Waals surface area (Å²) in [5.74, 6) is 0. The zero-order chi connectivity index (χ0) is 14.6. The van der Waals surface area contributed by atoms with Crippen LogP contribution in [0.1, 0.15) is 45.1 Å². The van der Waals surface area contributed by atoms with Gasteiger partial charge in [0.15, 0.2) is 0 Å². The Balaban J connectivity index is 2.11. The van der Waals surface area contributed by atoms with Crippen LogP contribution in [0, 0.1) is 0 Å². The number of hydrogen-bond acceptors (Lipinski definition) is 2. The molecule has 0 aliphatic heterocycles. The predicted octanol–water partition coefficient (Wildman–Crippen LogP) is 3.72. The van der Waals surface area contributed by atoms with E-state index >= 15 is 0 Å². The molecule has 1 unspecified atom stereocenters. The van der Waals surface area contributed by atoms with Gasteiger partial charge in [0, 0.05) is 12.6 Å². The van der Waals surface area contributed by atoms with Crippen LogP contribution in [-0.4, -0.2) is 37.6 Å². The van der Waals surface area contributed by atoms with Gasteiger partial charge >= 0.3 is 0 Å². The van der Waals surface area contributed by atoms with Crippen LogP contribution in [-0.2, 0) is 6.42 Å². The summed E-state index contributed by atoms with van der Waals surface area (Å²) < 4.78 is 0. The molecule has 2 nitrogen and oxygen atoms in total. The van der Waals surface area contributed by atoms with Crippen LogP contribution in [0.25, 0.3) is 0 Å². The summed E-state index contributed by atoms with van der Waals surface area (Å²) >= 11 is 0. The van der Waals surface area contributed by atoms with Gasteiger partial charge in [0.2, 0.25) is 0 Å². The maximum atomic E-state index is 3.63. The molecule has 20 heavy (non-hydrogen) atoms. The highest BCUT2D eigenvalue weighted by Crippen LogP contribution is 2.05. The summed E-state index contributed by atoms with van der Waals surface area (Å²) in [5, 5.41) is 3.63. The standard InChI is InChI=1S/C18H32N2/c1-4-14-19-18(5-2)12-9-15-20(3)16-13-17-10-7-6-8-11-17/h6-8,10-11,18-19H,4-5,9,12-16H2,1-3H3. The SMILES string of the molecule is CCCNC(CC)CCCN(C)CCc1ccccc1. The minimum Gasteiger partial charge on any atom is -0.314 e. The Morgan fingerprint density at radius 1 is 1.10 bits per heavy atom. The van der Waals surface area contributed by atoms with Crippen LogP contribution in [0.3, 0.4) is 0 Å². The number of likely N-dealkylation sites (N-methyl/N-ethyl adjacent to an activating group) is 1. The molecule has 1 rings (SSSR count). The van der Waals surface area contributed by atoms with Crippen LogP contribution in [0.2, 0.25) is 0 Å². The first-order chi connectivity index (χ1) is 9.76. The minimum absolute atomic E-state index is 0.706. The summed E-state index contributed by atoms with van der Waals surface area (Å²) in [5.41, 5.74) is 1.44. The van der Waals surface area contributed by atoms with Gasteiger partial charge in [0.1, 0.15) is 0 Å². The van der Waals surface area contributed by atoms with E-state index in [9.17, 15) is 0 Å². The lowest BCUT2D eigenvalue weighted by Gasteiger charge is -2.20. The normalized spacial score (nSPS) is 12.8. The average Bonchev–Trinajstić information content (AvgIpc) is 2.49. The smallest absolute Gasteiger partial charge is 0.00649 e. The predicted molar refractivity (Wildman–Crippen MR) is 89.2 cm³/mol. The van der Waals surface area contributed by atoms with E-state index in [1.54, 1.807) is 0 Å². The van der Waals surface area contributed by atoms with Gasteiger partial charge in [-0.3, -0.25) is 0 Å². The molecule has 1 aromatic carbocycles. The van der Waals surface area contributed by atoms with Crippen molar-refractivity contribution in [1.82, 2.24) is 10.2 Å². The molecule has 1 N–H and O–H groups in total. The molecular formula is C18H32N2. The lowest BCUT2D eigenvalue weighted by molar-refractivity contribution is 0.317. The third kappa shape index (κ3) is 7.66. The zero-order valence-electron chi connectivity index (χ0n) is 13.6. The van der Waals surface area contributed by atoms with E-state index in [1.807, 2.05) is 0 Å². The van der Waals surface area contributed by atoms with Crippen molar-refractivity contribution >= 4 is 0 Å². The molecule has 0 heterocycles. The molecule has 0 saturated heterocycles.